The highest BCUT2D eigenvalue weighted by molar-refractivity contribution is 6.42. The van der Waals surface area contributed by atoms with Crippen LogP contribution in [0.3, 0.4) is 0 Å². The number of hydrogen-bond donors (Lipinski definition) is 0. The Morgan fingerprint density at radius 1 is 1.00 bits per heavy atom. The van der Waals surface area contributed by atoms with Gasteiger partial charge in [-0.1, -0.05) is 49.7 Å². The van der Waals surface area contributed by atoms with E-state index in [1.165, 1.54) is 0 Å². The molecule has 0 saturated heterocycles. The number of nitrogens with zero attached hydrogens (tertiary/aromatic N) is 1. The van der Waals surface area contributed by atoms with Crippen LogP contribution in [0.2, 0.25) is 5.02 Å². The van der Waals surface area contributed by atoms with E-state index >= 15 is 0 Å². The zero-order chi connectivity index (χ0) is 23.0. The number of ether oxygens (including phenoxy) is 2. The van der Waals surface area contributed by atoms with Crippen LogP contribution in [0.15, 0.2) is 48.5 Å². The number of halogens is 1. The molecule has 6 heteroatoms. The van der Waals surface area contributed by atoms with E-state index in [2.05, 4.69) is 13.8 Å². The molecule has 1 aliphatic rings. The number of ketones is 1. The van der Waals surface area contributed by atoms with Gasteiger partial charge in [-0.15, -0.1) is 0 Å². The minimum atomic E-state index is -0.839. The minimum Gasteiger partial charge on any atom is -0.497 e. The van der Waals surface area contributed by atoms with Crippen molar-refractivity contribution in [3.8, 4) is 28.0 Å². The molecule has 0 amide bonds. The number of rotatable bonds is 6. The Balaban J connectivity index is 2.03. The molecule has 1 aliphatic heterocycles. The molecular formula is C26H26ClNO4. The maximum atomic E-state index is 13.4. The SMILES string of the molecule is CCOC(=O)C(=O)c1c(-c2ccc(Cl)cc2)c(-c2ccc(OC)cc2)c2n1CC(C)(C)C2. The molecule has 1 aromatic heterocycles. The molecule has 0 atom stereocenters. The molecular weight excluding hydrogens is 426 g/mol. The monoisotopic (exact) mass is 451 g/mol. The fraction of sp³-hybridized carbons (Fsp3) is 0.308. The van der Waals surface area contributed by atoms with Crippen molar-refractivity contribution >= 4 is 23.4 Å². The Hall–Kier alpha value is -3.05. The van der Waals surface area contributed by atoms with Crippen molar-refractivity contribution in [3.63, 3.8) is 0 Å². The first-order valence-electron chi connectivity index (χ1n) is 10.6. The third-order valence-corrected chi connectivity index (χ3v) is 6.04. The molecule has 0 saturated carbocycles. The van der Waals surface area contributed by atoms with Crippen LogP contribution in [0.1, 0.15) is 37.0 Å². The van der Waals surface area contributed by atoms with Gasteiger partial charge >= 0.3 is 5.97 Å². The molecule has 0 aliphatic carbocycles. The summed E-state index contributed by atoms with van der Waals surface area (Å²) in [6, 6.07) is 15.1. The van der Waals surface area contributed by atoms with Crippen molar-refractivity contribution in [3.05, 3.63) is 64.9 Å². The zero-order valence-corrected chi connectivity index (χ0v) is 19.5. The number of esters is 1. The first-order chi connectivity index (χ1) is 15.3. The van der Waals surface area contributed by atoms with Crippen LogP contribution in [0.25, 0.3) is 22.3 Å². The van der Waals surface area contributed by atoms with Gasteiger partial charge in [-0.3, -0.25) is 4.79 Å². The Morgan fingerprint density at radius 3 is 2.19 bits per heavy atom. The third-order valence-electron chi connectivity index (χ3n) is 5.79. The van der Waals surface area contributed by atoms with E-state index in [0.717, 1.165) is 40.1 Å². The van der Waals surface area contributed by atoms with Crippen LogP contribution in [0, 0.1) is 5.41 Å². The van der Waals surface area contributed by atoms with Gasteiger partial charge in [-0.25, -0.2) is 4.79 Å². The largest absolute Gasteiger partial charge is 0.497 e. The van der Waals surface area contributed by atoms with Crippen molar-refractivity contribution in [2.75, 3.05) is 13.7 Å². The topological polar surface area (TPSA) is 57.5 Å². The molecule has 0 N–H and O–H groups in total. The van der Waals surface area contributed by atoms with E-state index in [1.807, 2.05) is 41.0 Å². The zero-order valence-electron chi connectivity index (χ0n) is 18.7. The van der Waals surface area contributed by atoms with Crippen LogP contribution in [0.4, 0.5) is 0 Å². The lowest BCUT2D eigenvalue weighted by Gasteiger charge is -2.18. The smallest absolute Gasteiger partial charge is 0.381 e. The standard InChI is InChI=1S/C26H26ClNO4/c1-5-32-25(30)24(29)23-22(17-6-10-18(27)11-7-17)21(16-8-12-19(31-4)13-9-16)20-14-26(2,3)15-28(20)23/h6-13H,5,14-15H2,1-4H3. The molecule has 0 radical (unpaired) electrons. The Morgan fingerprint density at radius 2 is 1.59 bits per heavy atom. The summed E-state index contributed by atoms with van der Waals surface area (Å²) in [4.78, 5) is 25.9. The quantitative estimate of drug-likeness (QED) is 0.269. The molecule has 0 fully saturated rings. The maximum Gasteiger partial charge on any atom is 0.381 e. The van der Waals surface area contributed by atoms with Crippen molar-refractivity contribution in [1.29, 1.82) is 0 Å². The van der Waals surface area contributed by atoms with E-state index < -0.39 is 11.8 Å². The lowest BCUT2D eigenvalue weighted by atomic mass is 9.86. The van der Waals surface area contributed by atoms with E-state index in [1.54, 1.807) is 26.2 Å². The lowest BCUT2D eigenvalue weighted by molar-refractivity contribution is -0.137. The summed E-state index contributed by atoms with van der Waals surface area (Å²) in [6.07, 6.45) is 0.783. The number of methoxy groups -OCH3 is 1. The van der Waals surface area contributed by atoms with Crippen LogP contribution in [-0.4, -0.2) is 30.0 Å². The summed E-state index contributed by atoms with van der Waals surface area (Å²) in [6.45, 7) is 6.81. The predicted octanol–water partition coefficient (Wildman–Crippen LogP) is 5.81. The fourth-order valence-electron chi connectivity index (χ4n) is 4.46. The van der Waals surface area contributed by atoms with Gasteiger partial charge in [0, 0.05) is 28.4 Å². The first-order valence-corrected chi connectivity index (χ1v) is 11.0. The average molecular weight is 452 g/mol. The number of Topliss-reactive ketones (excluding diaryl/α,β-unsaturated/α-hetero) is 1. The highest BCUT2D eigenvalue weighted by atomic mass is 35.5. The molecule has 166 valence electrons. The first kappa shape index (κ1) is 22.2. The number of benzene rings is 2. The van der Waals surface area contributed by atoms with Gasteiger partial charge in [0.25, 0.3) is 5.78 Å². The average Bonchev–Trinajstić information content (AvgIpc) is 3.23. The Kier molecular flexibility index (Phi) is 5.87. The molecule has 0 bridgehead atoms. The summed E-state index contributed by atoms with van der Waals surface area (Å²) in [7, 11) is 1.63. The number of fused-ring (bicyclic) bond motifs is 1. The number of hydrogen-bond acceptors (Lipinski definition) is 4. The Bertz CT molecular complexity index is 1170. The third kappa shape index (κ3) is 3.93. The fourth-order valence-corrected chi connectivity index (χ4v) is 4.58. The van der Waals surface area contributed by atoms with Crippen LogP contribution < -0.4 is 4.74 Å². The summed E-state index contributed by atoms with van der Waals surface area (Å²) in [5.74, 6) is -0.717. The molecule has 2 aromatic carbocycles. The molecule has 2 heterocycles. The van der Waals surface area contributed by atoms with Gasteiger partial charge < -0.3 is 14.0 Å². The van der Waals surface area contributed by atoms with E-state index in [0.29, 0.717) is 17.3 Å². The summed E-state index contributed by atoms with van der Waals surface area (Å²) in [5.41, 5.74) is 4.84. The van der Waals surface area contributed by atoms with Gasteiger partial charge in [0.1, 0.15) is 11.4 Å². The van der Waals surface area contributed by atoms with Crippen LogP contribution >= 0.6 is 11.6 Å². The summed E-state index contributed by atoms with van der Waals surface area (Å²) >= 11 is 6.14. The van der Waals surface area contributed by atoms with E-state index in [4.69, 9.17) is 21.1 Å². The van der Waals surface area contributed by atoms with Crippen molar-refractivity contribution < 1.29 is 19.1 Å². The molecule has 3 aromatic rings. The van der Waals surface area contributed by atoms with Crippen LogP contribution in [-0.2, 0) is 22.5 Å². The van der Waals surface area contributed by atoms with Crippen molar-refractivity contribution in [1.82, 2.24) is 4.57 Å². The van der Waals surface area contributed by atoms with Gasteiger partial charge in [-0.05, 0) is 54.2 Å². The maximum absolute atomic E-state index is 13.4. The molecule has 4 rings (SSSR count). The lowest BCUT2D eigenvalue weighted by Crippen LogP contribution is -2.23. The number of carbonyl (C=O) groups excluding carboxylic acids is 2. The Labute approximate surface area is 192 Å². The second-order valence-corrected chi connectivity index (χ2v) is 9.19. The second kappa shape index (κ2) is 8.47. The van der Waals surface area contributed by atoms with E-state index in [9.17, 15) is 9.59 Å². The van der Waals surface area contributed by atoms with Crippen molar-refractivity contribution in [2.24, 2.45) is 5.41 Å². The van der Waals surface area contributed by atoms with E-state index in [-0.39, 0.29) is 12.0 Å². The molecule has 0 spiro atoms. The van der Waals surface area contributed by atoms with Crippen LogP contribution in [0.5, 0.6) is 5.75 Å². The second-order valence-electron chi connectivity index (χ2n) is 8.76. The number of aromatic nitrogens is 1. The minimum absolute atomic E-state index is 0.0429. The van der Waals surface area contributed by atoms with Gasteiger partial charge in [0.2, 0.25) is 0 Å². The predicted molar refractivity (Wildman–Crippen MR) is 125 cm³/mol. The summed E-state index contributed by atoms with van der Waals surface area (Å²) in [5, 5.41) is 0.603. The highest BCUT2D eigenvalue weighted by Gasteiger charge is 2.39. The van der Waals surface area contributed by atoms with Gasteiger partial charge in [0.05, 0.1) is 13.7 Å². The molecule has 0 unspecified atom stereocenters. The summed E-state index contributed by atoms with van der Waals surface area (Å²) < 4.78 is 12.4. The van der Waals surface area contributed by atoms with Crippen molar-refractivity contribution in [2.45, 2.75) is 33.7 Å². The normalized spacial score (nSPS) is 14.2. The van der Waals surface area contributed by atoms with Gasteiger partial charge in [0.15, 0.2) is 0 Å². The number of carbonyl (C=O) groups is 2. The highest BCUT2D eigenvalue weighted by Crippen LogP contribution is 2.47. The molecule has 32 heavy (non-hydrogen) atoms. The van der Waals surface area contributed by atoms with Gasteiger partial charge in [-0.2, -0.15) is 0 Å². The molecule has 5 nitrogen and oxygen atoms in total.